The largest absolute Gasteiger partial charge is 0.343 e. The zero-order valence-electron chi connectivity index (χ0n) is 15.3. The van der Waals surface area contributed by atoms with Gasteiger partial charge >= 0.3 is 0 Å². The van der Waals surface area contributed by atoms with Crippen LogP contribution < -0.4 is 5.32 Å². The van der Waals surface area contributed by atoms with Crippen LogP contribution in [-0.4, -0.2) is 36.3 Å². The van der Waals surface area contributed by atoms with Crippen molar-refractivity contribution in [3.8, 4) is 0 Å². The standard InChI is InChI=1S/C19H30N2O2/c1-13(2)11-21(12-14(3)4)18(22)10-20-19(23)17-8-15(5)7-16(6)9-17/h7-9,13-14H,10-12H2,1-6H3,(H,20,23). The number of nitrogens with one attached hydrogen (secondary N) is 1. The van der Waals surface area contributed by atoms with Crippen molar-refractivity contribution in [1.29, 1.82) is 0 Å². The molecule has 0 spiro atoms. The Hall–Kier alpha value is -1.84. The van der Waals surface area contributed by atoms with E-state index in [0.29, 0.717) is 17.4 Å². The number of hydrogen-bond acceptors (Lipinski definition) is 2. The second kappa shape index (κ2) is 8.70. The first-order valence-corrected chi connectivity index (χ1v) is 8.33. The van der Waals surface area contributed by atoms with Crippen LogP contribution in [0.2, 0.25) is 0 Å². The summed E-state index contributed by atoms with van der Waals surface area (Å²) >= 11 is 0. The highest BCUT2D eigenvalue weighted by atomic mass is 16.2. The van der Waals surface area contributed by atoms with Crippen LogP contribution in [0, 0.1) is 25.7 Å². The summed E-state index contributed by atoms with van der Waals surface area (Å²) in [6.45, 7) is 13.8. The van der Waals surface area contributed by atoms with Crippen molar-refractivity contribution in [2.24, 2.45) is 11.8 Å². The summed E-state index contributed by atoms with van der Waals surface area (Å²) in [6, 6.07) is 5.70. The van der Waals surface area contributed by atoms with Crippen molar-refractivity contribution >= 4 is 11.8 Å². The molecule has 0 radical (unpaired) electrons. The third kappa shape index (κ3) is 6.85. The molecule has 0 saturated heterocycles. The first-order chi connectivity index (χ1) is 10.7. The monoisotopic (exact) mass is 318 g/mol. The lowest BCUT2D eigenvalue weighted by atomic mass is 10.1. The molecule has 1 aromatic rings. The zero-order chi connectivity index (χ0) is 17.6. The number of rotatable bonds is 7. The van der Waals surface area contributed by atoms with Crippen molar-refractivity contribution in [2.75, 3.05) is 19.6 Å². The van der Waals surface area contributed by atoms with Crippen LogP contribution in [0.5, 0.6) is 0 Å². The molecule has 0 aromatic heterocycles. The Labute approximate surface area is 140 Å². The Morgan fingerprint density at radius 3 is 1.87 bits per heavy atom. The van der Waals surface area contributed by atoms with Crippen molar-refractivity contribution in [3.05, 3.63) is 34.9 Å². The summed E-state index contributed by atoms with van der Waals surface area (Å²) in [7, 11) is 0. The van der Waals surface area contributed by atoms with Gasteiger partial charge in [0.15, 0.2) is 0 Å². The number of amides is 2. The molecule has 1 aromatic carbocycles. The molecule has 128 valence electrons. The second-order valence-corrected chi connectivity index (χ2v) is 7.15. The fourth-order valence-corrected chi connectivity index (χ4v) is 2.64. The molecule has 0 unspecified atom stereocenters. The van der Waals surface area contributed by atoms with E-state index < -0.39 is 0 Å². The molecule has 0 heterocycles. The zero-order valence-corrected chi connectivity index (χ0v) is 15.3. The van der Waals surface area contributed by atoms with E-state index in [1.807, 2.05) is 36.9 Å². The smallest absolute Gasteiger partial charge is 0.251 e. The van der Waals surface area contributed by atoms with E-state index in [-0.39, 0.29) is 18.4 Å². The number of nitrogens with zero attached hydrogens (tertiary/aromatic N) is 1. The summed E-state index contributed by atoms with van der Waals surface area (Å²) in [4.78, 5) is 26.5. The Bertz CT molecular complexity index is 520. The van der Waals surface area contributed by atoms with Crippen LogP contribution in [0.15, 0.2) is 18.2 Å². The van der Waals surface area contributed by atoms with Gasteiger partial charge in [-0.3, -0.25) is 9.59 Å². The predicted molar refractivity (Wildman–Crippen MR) is 94.5 cm³/mol. The molecular formula is C19H30N2O2. The first kappa shape index (κ1) is 19.2. The summed E-state index contributed by atoms with van der Waals surface area (Å²) in [5.41, 5.74) is 2.69. The maximum absolute atomic E-state index is 12.4. The summed E-state index contributed by atoms with van der Waals surface area (Å²) < 4.78 is 0. The molecule has 0 aliphatic carbocycles. The topological polar surface area (TPSA) is 49.4 Å². The van der Waals surface area contributed by atoms with Crippen LogP contribution in [0.4, 0.5) is 0 Å². The van der Waals surface area contributed by atoms with Crippen molar-refractivity contribution in [2.45, 2.75) is 41.5 Å². The molecule has 0 bridgehead atoms. The van der Waals surface area contributed by atoms with Gasteiger partial charge in [0.25, 0.3) is 5.91 Å². The molecular weight excluding hydrogens is 288 g/mol. The average molecular weight is 318 g/mol. The summed E-state index contributed by atoms with van der Waals surface area (Å²) in [6.07, 6.45) is 0. The highest BCUT2D eigenvalue weighted by Crippen LogP contribution is 2.09. The lowest BCUT2D eigenvalue weighted by molar-refractivity contribution is -0.131. The SMILES string of the molecule is Cc1cc(C)cc(C(=O)NCC(=O)N(CC(C)C)CC(C)C)c1. The highest BCUT2D eigenvalue weighted by Gasteiger charge is 2.17. The first-order valence-electron chi connectivity index (χ1n) is 8.33. The molecule has 0 aliphatic rings. The van der Waals surface area contributed by atoms with Gasteiger partial charge in [-0.1, -0.05) is 44.9 Å². The number of aryl methyl sites for hydroxylation is 2. The van der Waals surface area contributed by atoms with Crippen molar-refractivity contribution in [1.82, 2.24) is 10.2 Å². The Morgan fingerprint density at radius 1 is 0.957 bits per heavy atom. The quantitative estimate of drug-likeness (QED) is 0.839. The maximum atomic E-state index is 12.4. The van der Waals surface area contributed by atoms with Crippen LogP contribution in [0.3, 0.4) is 0 Å². The van der Waals surface area contributed by atoms with E-state index in [0.717, 1.165) is 24.2 Å². The number of hydrogen-bond donors (Lipinski definition) is 1. The molecule has 23 heavy (non-hydrogen) atoms. The molecule has 0 aliphatic heterocycles. The minimum absolute atomic E-state index is 0.0230. The molecule has 0 saturated carbocycles. The Kier molecular flexibility index (Phi) is 7.27. The van der Waals surface area contributed by atoms with E-state index in [2.05, 4.69) is 33.0 Å². The van der Waals surface area contributed by atoms with Crippen LogP contribution in [-0.2, 0) is 4.79 Å². The number of carbonyl (C=O) groups excluding carboxylic acids is 2. The van der Waals surface area contributed by atoms with E-state index >= 15 is 0 Å². The van der Waals surface area contributed by atoms with Gasteiger partial charge < -0.3 is 10.2 Å². The van der Waals surface area contributed by atoms with E-state index in [1.54, 1.807) is 0 Å². The fourth-order valence-electron chi connectivity index (χ4n) is 2.64. The van der Waals surface area contributed by atoms with E-state index in [1.165, 1.54) is 0 Å². The Morgan fingerprint density at radius 2 is 1.43 bits per heavy atom. The van der Waals surface area contributed by atoms with Gasteiger partial charge in [-0.25, -0.2) is 0 Å². The lowest BCUT2D eigenvalue weighted by Crippen LogP contribution is -2.43. The lowest BCUT2D eigenvalue weighted by Gasteiger charge is -2.26. The fraction of sp³-hybridized carbons (Fsp3) is 0.579. The predicted octanol–water partition coefficient (Wildman–Crippen LogP) is 3.17. The van der Waals surface area contributed by atoms with Crippen LogP contribution >= 0.6 is 0 Å². The molecule has 2 amide bonds. The molecule has 4 nitrogen and oxygen atoms in total. The number of carbonyl (C=O) groups is 2. The summed E-state index contributed by atoms with van der Waals surface area (Å²) in [5, 5.41) is 2.75. The van der Waals surface area contributed by atoms with Gasteiger partial charge in [-0.05, 0) is 37.8 Å². The number of benzene rings is 1. The van der Waals surface area contributed by atoms with E-state index in [4.69, 9.17) is 0 Å². The van der Waals surface area contributed by atoms with Gasteiger partial charge in [0, 0.05) is 18.7 Å². The van der Waals surface area contributed by atoms with Gasteiger partial charge in [0.05, 0.1) is 6.54 Å². The second-order valence-electron chi connectivity index (χ2n) is 7.15. The molecule has 1 N–H and O–H groups in total. The average Bonchev–Trinajstić information content (AvgIpc) is 2.41. The Balaban J connectivity index is 2.66. The van der Waals surface area contributed by atoms with Crippen molar-refractivity contribution in [3.63, 3.8) is 0 Å². The van der Waals surface area contributed by atoms with Crippen molar-refractivity contribution < 1.29 is 9.59 Å². The van der Waals surface area contributed by atoms with Gasteiger partial charge in [0.2, 0.25) is 5.91 Å². The summed E-state index contributed by atoms with van der Waals surface area (Å²) in [5.74, 6) is 0.602. The minimum atomic E-state index is -0.195. The normalized spacial score (nSPS) is 11.0. The van der Waals surface area contributed by atoms with E-state index in [9.17, 15) is 9.59 Å². The maximum Gasteiger partial charge on any atom is 0.251 e. The van der Waals surface area contributed by atoms with Crippen LogP contribution in [0.25, 0.3) is 0 Å². The molecule has 4 heteroatoms. The molecule has 1 rings (SSSR count). The highest BCUT2D eigenvalue weighted by molar-refractivity contribution is 5.96. The minimum Gasteiger partial charge on any atom is -0.343 e. The third-order valence-corrected chi connectivity index (χ3v) is 3.41. The van der Waals surface area contributed by atoms with Crippen LogP contribution in [0.1, 0.15) is 49.2 Å². The van der Waals surface area contributed by atoms with Gasteiger partial charge in [-0.15, -0.1) is 0 Å². The molecule has 0 fully saturated rings. The molecule has 0 atom stereocenters. The third-order valence-electron chi connectivity index (χ3n) is 3.41. The van der Waals surface area contributed by atoms with Gasteiger partial charge in [0.1, 0.15) is 0 Å². The van der Waals surface area contributed by atoms with Gasteiger partial charge in [-0.2, -0.15) is 0 Å².